The molecule has 2 fully saturated rings. The third-order valence-corrected chi connectivity index (χ3v) is 6.26. The number of nitrogens with zero attached hydrogens (tertiary/aromatic N) is 5. The molecule has 3 heterocycles. The number of piperazine rings is 1. The summed E-state index contributed by atoms with van der Waals surface area (Å²) < 4.78 is 4.98. The van der Waals surface area contributed by atoms with Crippen molar-refractivity contribution in [2.75, 3.05) is 49.5 Å². The molecule has 0 bridgehead atoms. The van der Waals surface area contributed by atoms with Gasteiger partial charge in [0.25, 0.3) is 0 Å². The number of hydrogen-bond donors (Lipinski definition) is 2. The Labute approximate surface area is 193 Å². The van der Waals surface area contributed by atoms with E-state index in [0.29, 0.717) is 38.0 Å². The second kappa shape index (κ2) is 10.0. The molecule has 0 spiro atoms. The predicted octanol–water partition coefficient (Wildman–Crippen LogP) is 3.35. The molecule has 0 aliphatic carbocycles. The molecule has 1 aromatic carbocycles. The SMILES string of the molecule is CCC(c1ccc(C(C)Nc2nccc(N3CCOC3=O)n2)cc1)N1CCN(C(=O)O)CC1. The minimum Gasteiger partial charge on any atom is -0.465 e. The maximum atomic E-state index is 11.8. The van der Waals surface area contributed by atoms with Crippen molar-refractivity contribution in [2.45, 2.75) is 32.4 Å². The first kappa shape index (κ1) is 22.8. The summed E-state index contributed by atoms with van der Waals surface area (Å²) in [6, 6.07) is 10.4. The maximum Gasteiger partial charge on any atom is 0.415 e. The van der Waals surface area contributed by atoms with Crippen LogP contribution < -0.4 is 10.2 Å². The van der Waals surface area contributed by atoms with Gasteiger partial charge in [-0.1, -0.05) is 31.2 Å². The molecule has 0 saturated carbocycles. The third kappa shape index (κ3) is 5.16. The Morgan fingerprint density at radius 1 is 1.12 bits per heavy atom. The smallest absolute Gasteiger partial charge is 0.415 e. The molecule has 10 nitrogen and oxygen atoms in total. The third-order valence-electron chi connectivity index (χ3n) is 6.26. The van der Waals surface area contributed by atoms with Gasteiger partial charge in [0.2, 0.25) is 5.95 Å². The number of carbonyl (C=O) groups is 2. The Kier molecular flexibility index (Phi) is 6.93. The standard InChI is InChI=1S/C23H30N6O4/c1-3-19(27-10-12-28(13-11-27)22(30)31)18-6-4-17(5-7-18)16(2)25-21-24-9-8-20(26-21)29-14-15-33-23(29)32/h4-9,16,19H,3,10-15H2,1-2H3,(H,30,31)(H,24,25,26). The molecule has 1 aromatic heterocycles. The highest BCUT2D eigenvalue weighted by molar-refractivity contribution is 5.88. The topological polar surface area (TPSA) is 111 Å². The van der Waals surface area contributed by atoms with Crippen LogP contribution >= 0.6 is 0 Å². The van der Waals surface area contributed by atoms with Crippen LogP contribution in [0.15, 0.2) is 36.5 Å². The molecular formula is C23H30N6O4. The van der Waals surface area contributed by atoms with Crippen LogP contribution in [0.5, 0.6) is 0 Å². The van der Waals surface area contributed by atoms with Gasteiger partial charge in [-0.2, -0.15) is 4.98 Å². The summed E-state index contributed by atoms with van der Waals surface area (Å²) in [6.07, 6.45) is 1.35. The average molecular weight is 455 g/mol. The van der Waals surface area contributed by atoms with E-state index in [0.717, 1.165) is 25.1 Å². The Morgan fingerprint density at radius 3 is 2.42 bits per heavy atom. The van der Waals surface area contributed by atoms with Gasteiger partial charge < -0.3 is 20.1 Å². The lowest BCUT2D eigenvalue weighted by Gasteiger charge is -2.38. The number of amides is 2. The van der Waals surface area contributed by atoms with Crippen LogP contribution in [0.4, 0.5) is 21.4 Å². The van der Waals surface area contributed by atoms with E-state index in [2.05, 4.69) is 51.4 Å². The summed E-state index contributed by atoms with van der Waals surface area (Å²) in [5.41, 5.74) is 2.32. The van der Waals surface area contributed by atoms with E-state index < -0.39 is 12.2 Å². The first-order chi connectivity index (χ1) is 16.0. The lowest BCUT2D eigenvalue weighted by Crippen LogP contribution is -2.49. The van der Waals surface area contributed by atoms with Crippen molar-refractivity contribution in [3.05, 3.63) is 47.7 Å². The van der Waals surface area contributed by atoms with Crippen LogP contribution in [-0.2, 0) is 4.74 Å². The van der Waals surface area contributed by atoms with E-state index >= 15 is 0 Å². The zero-order chi connectivity index (χ0) is 23.4. The van der Waals surface area contributed by atoms with Gasteiger partial charge in [-0.3, -0.25) is 9.80 Å². The summed E-state index contributed by atoms with van der Waals surface area (Å²) in [5.74, 6) is 0.970. The van der Waals surface area contributed by atoms with E-state index in [1.807, 2.05) is 6.92 Å². The lowest BCUT2D eigenvalue weighted by molar-refractivity contribution is 0.0835. The van der Waals surface area contributed by atoms with Gasteiger partial charge in [0, 0.05) is 38.4 Å². The molecule has 4 rings (SSSR count). The Morgan fingerprint density at radius 2 is 1.82 bits per heavy atom. The van der Waals surface area contributed by atoms with Crippen molar-refractivity contribution >= 4 is 24.0 Å². The molecule has 2 N–H and O–H groups in total. The number of anilines is 2. The first-order valence-electron chi connectivity index (χ1n) is 11.3. The first-order valence-corrected chi connectivity index (χ1v) is 11.3. The number of cyclic esters (lactones) is 1. The minimum absolute atomic E-state index is 0.0287. The van der Waals surface area contributed by atoms with Crippen LogP contribution in [0.2, 0.25) is 0 Å². The average Bonchev–Trinajstić information content (AvgIpc) is 3.26. The van der Waals surface area contributed by atoms with Crippen LogP contribution in [0.25, 0.3) is 0 Å². The molecule has 2 aromatic rings. The molecule has 33 heavy (non-hydrogen) atoms. The fourth-order valence-electron chi connectivity index (χ4n) is 4.38. The zero-order valence-electron chi connectivity index (χ0n) is 19.0. The van der Waals surface area contributed by atoms with E-state index in [-0.39, 0.29) is 12.1 Å². The summed E-state index contributed by atoms with van der Waals surface area (Å²) in [4.78, 5) is 37.0. The van der Waals surface area contributed by atoms with Gasteiger partial charge >= 0.3 is 12.2 Å². The van der Waals surface area contributed by atoms with Gasteiger partial charge in [0.05, 0.1) is 12.6 Å². The zero-order valence-corrected chi connectivity index (χ0v) is 19.0. The number of carbonyl (C=O) groups excluding carboxylic acids is 1. The molecule has 2 atom stereocenters. The van der Waals surface area contributed by atoms with Gasteiger partial charge in [-0.15, -0.1) is 0 Å². The molecule has 2 amide bonds. The van der Waals surface area contributed by atoms with Crippen molar-refractivity contribution in [1.29, 1.82) is 0 Å². The van der Waals surface area contributed by atoms with Gasteiger partial charge in [0.1, 0.15) is 12.4 Å². The predicted molar refractivity (Wildman–Crippen MR) is 123 cm³/mol. The number of nitrogens with one attached hydrogen (secondary N) is 1. The van der Waals surface area contributed by atoms with Gasteiger partial charge in [-0.05, 0) is 30.5 Å². The van der Waals surface area contributed by atoms with Crippen LogP contribution in [-0.4, -0.2) is 76.4 Å². The number of carboxylic acid groups (broad SMARTS) is 1. The van der Waals surface area contributed by atoms with Crippen molar-refractivity contribution in [2.24, 2.45) is 0 Å². The number of hydrogen-bond acceptors (Lipinski definition) is 7. The summed E-state index contributed by atoms with van der Waals surface area (Å²) >= 11 is 0. The van der Waals surface area contributed by atoms with E-state index in [4.69, 9.17) is 4.74 Å². The maximum absolute atomic E-state index is 11.8. The fourth-order valence-corrected chi connectivity index (χ4v) is 4.38. The van der Waals surface area contributed by atoms with Crippen LogP contribution in [0.3, 0.4) is 0 Å². The van der Waals surface area contributed by atoms with Crippen LogP contribution in [0.1, 0.15) is 43.5 Å². The quantitative estimate of drug-likeness (QED) is 0.655. The van der Waals surface area contributed by atoms with E-state index in [9.17, 15) is 14.7 Å². The molecular weight excluding hydrogens is 424 g/mol. The largest absolute Gasteiger partial charge is 0.465 e. The number of benzene rings is 1. The molecule has 176 valence electrons. The van der Waals surface area contributed by atoms with Crippen molar-refractivity contribution < 1.29 is 19.4 Å². The van der Waals surface area contributed by atoms with Gasteiger partial charge in [-0.25, -0.2) is 14.6 Å². The monoisotopic (exact) mass is 454 g/mol. The fraction of sp³-hybridized carbons (Fsp3) is 0.478. The number of aromatic nitrogens is 2. The molecule has 2 saturated heterocycles. The Bertz CT molecular complexity index is 977. The normalized spacial score (nSPS) is 18.7. The molecule has 2 aliphatic heterocycles. The Balaban J connectivity index is 1.39. The number of rotatable bonds is 7. The summed E-state index contributed by atoms with van der Waals surface area (Å²) in [5, 5.41) is 12.5. The second-order valence-corrected chi connectivity index (χ2v) is 8.27. The molecule has 0 radical (unpaired) electrons. The van der Waals surface area contributed by atoms with Crippen molar-refractivity contribution in [3.63, 3.8) is 0 Å². The molecule has 2 aliphatic rings. The lowest BCUT2D eigenvalue weighted by atomic mass is 9.98. The highest BCUT2D eigenvalue weighted by Gasteiger charge is 2.27. The van der Waals surface area contributed by atoms with Crippen LogP contribution in [0, 0.1) is 0 Å². The highest BCUT2D eigenvalue weighted by atomic mass is 16.6. The number of ether oxygens (including phenoxy) is 1. The highest BCUT2D eigenvalue weighted by Crippen LogP contribution is 2.27. The van der Waals surface area contributed by atoms with Gasteiger partial charge in [0.15, 0.2) is 0 Å². The van der Waals surface area contributed by atoms with Crippen molar-refractivity contribution in [3.8, 4) is 0 Å². The molecule has 2 unspecified atom stereocenters. The minimum atomic E-state index is -0.844. The Hall–Kier alpha value is -3.40. The second-order valence-electron chi connectivity index (χ2n) is 8.27. The summed E-state index contributed by atoms with van der Waals surface area (Å²) in [6.45, 7) is 7.60. The van der Waals surface area contributed by atoms with E-state index in [1.54, 1.807) is 12.3 Å². The summed E-state index contributed by atoms with van der Waals surface area (Å²) in [7, 11) is 0. The van der Waals surface area contributed by atoms with E-state index in [1.165, 1.54) is 15.4 Å². The van der Waals surface area contributed by atoms with Crippen molar-refractivity contribution in [1.82, 2.24) is 19.8 Å². The molecule has 10 heteroatoms.